The summed E-state index contributed by atoms with van der Waals surface area (Å²) in [5.74, 6) is -0.371. The number of hydrogen-bond donors (Lipinski definition) is 0. The molecule has 0 aliphatic heterocycles. The molecular weight excluding hydrogens is 534 g/mol. The fourth-order valence-corrected chi connectivity index (χ4v) is 5.69. The fraction of sp³-hybridized carbons (Fsp3) is 0.226. The first-order valence-electron chi connectivity index (χ1n) is 13.7. The Balaban J connectivity index is 1.57. The predicted molar refractivity (Wildman–Crippen MR) is 158 cm³/mol. The van der Waals surface area contributed by atoms with Crippen LogP contribution in [0.1, 0.15) is 29.5 Å². The minimum Gasteiger partial charge on any atom is -0.390 e. The van der Waals surface area contributed by atoms with Crippen molar-refractivity contribution in [3.8, 4) is 0 Å². The highest BCUT2D eigenvalue weighted by Gasteiger charge is 2.41. The molecule has 42 heavy (non-hydrogen) atoms. The zero-order chi connectivity index (χ0) is 29.4. The van der Waals surface area contributed by atoms with Crippen molar-refractivity contribution in [2.45, 2.75) is 31.5 Å². The van der Waals surface area contributed by atoms with E-state index in [1.165, 1.54) is 12.4 Å². The van der Waals surface area contributed by atoms with E-state index in [1.54, 1.807) is 21.5 Å². The van der Waals surface area contributed by atoms with Gasteiger partial charge in [-0.25, -0.2) is 9.13 Å². The molecule has 0 saturated heterocycles. The molecule has 0 unspecified atom stereocenters. The Kier molecular flexibility index (Phi) is 8.78. The molecule has 2 aromatic heterocycles. The molecule has 0 spiro atoms. The highest BCUT2D eigenvalue weighted by molar-refractivity contribution is 5.49. The lowest BCUT2D eigenvalue weighted by Gasteiger charge is -2.46. The van der Waals surface area contributed by atoms with E-state index in [2.05, 4.69) is 51.3 Å². The first-order valence-corrected chi connectivity index (χ1v) is 13.7. The van der Waals surface area contributed by atoms with Crippen LogP contribution in [0.2, 0.25) is 0 Å². The first kappa shape index (κ1) is 28.4. The zero-order valence-electron chi connectivity index (χ0n) is 23.0. The molecule has 0 saturated carbocycles. The van der Waals surface area contributed by atoms with E-state index >= 15 is 0 Å². The van der Waals surface area contributed by atoms with Crippen molar-refractivity contribution in [2.24, 2.45) is 0 Å². The van der Waals surface area contributed by atoms with E-state index in [0.717, 1.165) is 16.7 Å². The summed E-state index contributed by atoms with van der Waals surface area (Å²) in [7, 11) is 0. The molecule has 5 rings (SSSR count). The lowest BCUT2D eigenvalue weighted by Crippen LogP contribution is -2.49. The molecule has 0 atom stereocenters. The van der Waals surface area contributed by atoms with Crippen molar-refractivity contribution in [3.63, 3.8) is 0 Å². The van der Waals surface area contributed by atoms with Gasteiger partial charge in [0.05, 0.1) is 18.6 Å². The Labute approximate surface area is 243 Å². The van der Waals surface area contributed by atoms with Gasteiger partial charge in [-0.15, -0.1) is 0 Å². The van der Waals surface area contributed by atoms with Gasteiger partial charge in [0.2, 0.25) is 0 Å². The molecule has 2 heterocycles. The van der Waals surface area contributed by atoms with E-state index in [1.807, 2.05) is 54.6 Å². The van der Waals surface area contributed by atoms with Crippen LogP contribution in [0.15, 0.2) is 116 Å². The Morgan fingerprint density at radius 1 is 0.619 bits per heavy atom. The summed E-state index contributed by atoms with van der Waals surface area (Å²) >= 11 is 0. The van der Waals surface area contributed by atoms with Gasteiger partial charge in [-0.05, 0) is 39.4 Å². The van der Waals surface area contributed by atoms with Crippen LogP contribution in [0.4, 0.5) is 11.9 Å². The van der Waals surface area contributed by atoms with E-state index < -0.39 is 15.4 Å². The third-order valence-corrected chi connectivity index (χ3v) is 7.42. The van der Waals surface area contributed by atoms with E-state index in [0.29, 0.717) is 39.0 Å². The number of hydrogen-bond acceptors (Lipinski definition) is 7. The van der Waals surface area contributed by atoms with Crippen LogP contribution < -0.4 is 0 Å². The molecule has 0 N–H and O–H groups in total. The molecule has 11 heteroatoms. The van der Waals surface area contributed by atoms with Crippen LogP contribution in [-0.2, 0) is 18.6 Å². The smallest absolute Gasteiger partial charge is 0.390 e. The molecule has 5 aromatic rings. The molecule has 0 radical (unpaired) electrons. The lowest BCUT2D eigenvalue weighted by molar-refractivity contribution is -0.396. The minimum atomic E-state index is -0.703. The molecule has 11 nitrogen and oxygen atoms in total. The molecule has 3 aromatic carbocycles. The maximum atomic E-state index is 11.5. The van der Waals surface area contributed by atoms with Gasteiger partial charge >= 0.3 is 11.9 Å². The largest absolute Gasteiger partial charge is 0.434 e. The van der Waals surface area contributed by atoms with Crippen molar-refractivity contribution in [1.29, 1.82) is 0 Å². The van der Waals surface area contributed by atoms with Crippen molar-refractivity contribution < 1.29 is 9.85 Å². The Hall–Kier alpha value is -5.16. The fourth-order valence-electron chi connectivity index (χ4n) is 5.69. The van der Waals surface area contributed by atoms with Crippen LogP contribution in [0.5, 0.6) is 0 Å². The average Bonchev–Trinajstić information content (AvgIpc) is 3.69. The van der Waals surface area contributed by atoms with Gasteiger partial charge in [0.15, 0.2) is 0 Å². The van der Waals surface area contributed by atoms with Crippen molar-refractivity contribution in [1.82, 2.24) is 24.0 Å². The van der Waals surface area contributed by atoms with Gasteiger partial charge in [0, 0.05) is 13.1 Å². The van der Waals surface area contributed by atoms with E-state index in [4.69, 9.17) is 0 Å². The van der Waals surface area contributed by atoms with Crippen LogP contribution in [0.3, 0.4) is 0 Å². The SMILES string of the molecule is O=[N+]([O-])c1nccn1CCCN(CCCn1ccnc1[N+](=O)[O-])C(c1ccccc1)(c1ccccc1)c1ccccc1. The standard InChI is InChI=1S/C31H31N7O4/c39-37(40)29-32-18-24-34(29)20-10-22-36(23-11-21-35-25-19-33-30(35)38(41)42)31(26-12-4-1-5-13-26,27-14-6-2-7-15-27)28-16-8-3-9-17-28/h1-9,12-19,24-25H,10-11,20-23H2. The number of imidazole rings is 2. The quantitative estimate of drug-likeness (QED) is 0.0965. The Morgan fingerprint density at radius 2 is 0.976 bits per heavy atom. The Bertz CT molecular complexity index is 1450. The highest BCUT2D eigenvalue weighted by atomic mass is 16.6. The maximum absolute atomic E-state index is 11.5. The number of benzene rings is 3. The number of aryl methyl sites for hydroxylation is 2. The number of aromatic nitrogens is 4. The second-order valence-corrected chi connectivity index (χ2v) is 9.86. The maximum Gasteiger partial charge on any atom is 0.434 e. The van der Waals surface area contributed by atoms with Crippen LogP contribution in [-0.4, -0.2) is 46.9 Å². The van der Waals surface area contributed by atoms with Crippen LogP contribution >= 0.6 is 0 Å². The number of nitrogens with zero attached hydrogens (tertiary/aromatic N) is 7. The van der Waals surface area contributed by atoms with Gasteiger partial charge in [-0.2, -0.15) is 0 Å². The van der Waals surface area contributed by atoms with Gasteiger partial charge in [-0.1, -0.05) is 101 Å². The molecule has 0 amide bonds. The second kappa shape index (κ2) is 13.0. The third kappa shape index (κ3) is 5.81. The molecule has 0 bridgehead atoms. The molecular formula is C31H31N7O4. The van der Waals surface area contributed by atoms with Gasteiger partial charge in [0.25, 0.3) is 0 Å². The van der Waals surface area contributed by atoms with Gasteiger partial charge in [-0.3, -0.25) is 4.90 Å². The van der Waals surface area contributed by atoms with Crippen molar-refractivity contribution >= 4 is 11.9 Å². The van der Waals surface area contributed by atoms with Crippen molar-refractivity contribution in [3.05, 3.63) is 153 Å². The highest BCUT2D eigenvalue weighted by Crippen LogP contribution is 2.42. The second-order valence-electron chi connectivity index (χ2n) is 9.86. The predicted octanol–water partition coefficient (Wildman–Crippen LogP) is 5.67. The Morgan fingerprint density at radius 3 is 1.31 bits per heavy atom. The summed E-state index contributed by atoms with van der Waals surface area (Å²) in [5.41, 5.74) is 2.52. The molecule has 0 aliphatic carbocycles. The van der Waals surface area contributed by atoms with Gasteiger partial charge in [0.1, 0.15) is 24.8 Å². The van der Waals surface area contributed by atoms with E-state index in [9.17, 15) is 20.2 Å². The van der Waals surface area contributed by atoms with E-state index in [-0.39, 0.29) is 11.9 Å². The summed E-state index contributed by atoms with van der Waals surface area (Å²) in [4.78, 5) is 32.2. The molecule has 0 aliphatic rings. The topological polar surface area (TPSA) is 125 Å². The lowest BCUT2D eigenvalue weighted by atomic mass is 9.75. The molecule has 214 valence electrons. The zero-order valence-corrected chi connectivity index (χ0v) is 23.0. The summed E-state index contributed by atoms with van der Waals surface area (Å²) in [5, 5.41) is 23.0. The summed E-state index contributed by atoms with van der Waals surface area (Å²) in [6.07, 6.45) is 7.35. The summed E-state index contributed by atoms with van der Waals surface area (Å²) in [6, 6.07) is 30.8. The number of nitro groups is 2. The van der Waals surface area contributed by atoms with Gasteiger partial charge < -0.3 is 20.2 Å². The van der Waals surface area contributed by atoms with Crippen molar-refractivity contribution in [2.75, 3.05) is 13.1 Å². The number of rotatable bonds is 14. The van der Waals surface area contributed by atoms with Crippen LogP contribution in [0, 0.1) is 20.2 Å². The third-order valence-electron chi connectivity index (χ3n) is 7.42. The normalized spacial score (nSPS) is 11.5. The first-order chi connectivity index (χ1) is 20.5. The monoisotopic (exact) mass is 565 g/mol. The molecule has 0 fully saturated rings. The van der Waals surface area contributed by atoms with Crippen LogP contribution in [0.25, 0.3) is 0 Å². The minimum absolute atomic E-state index is 0.186. The summed E-state index contributed by atoms with van der Waals surface area (Å²) in [6.45, 7) is 1.99. The average molecular weight is 566 g/mol. The summed E-state index contributed by atoms with van der Waals surface area (Å²) < 4.78 is 3.12.